The van der Waals surface area contributed by atoms with Gasteiger partial charge in [0, 0.05) is 53.8 Å². The maximum Gasteiger partial charge on any atom is 0.340 e. The Bertz CT molecular complexity index is 1200. The zero-order valence-electron chi connectivity index (χ0n) is 18.4. The highest BCUT2D eigenvalue weighted by Crippen LogP contribution is 2.29. The third kappa shape index (κ3) is 4.65. The van der Waals surface area contributed by atoms with E-state index in [2.05, 4.69) is 4.98 Å². The molecule has 1 aliphatic heterocycles. The molecule has 4 rings (SSSR count). The van der Waals surface area contributed by atoms with Crippen LogP contribution in [0.3, 0.4) is 0 Å². The van der Waals surface area contributed by atoms with Gasteiger partial charge in [-0.25, -0.2) is 9.78 Å². The van der Waals surface area contributed by atoms with Gasteiger partial charge in [0.15, 0.2) is 11.7 Å². The fourth-order valence-corrected chi connectivity index (χ4v) is 4.92. The normalized spacial score (nSPS) is 13.7. The first-order valence-electron chi connectivity index (χ1n) is 10.7. The molecule has 0 radical (unpaired) electrons. The average molecular weight is 469 g/mol. The molecule has 1 saturated heterocycles. The van der Waals surface area contributed by atoms with Crippen LogP contribution in [-0.4, -0.2) is 45.9 Å². The van der Waals surface area contributed by atoms with Crippen molar-refractivity contribution in [2.45, 2.75) is 33.1 Å². The molecule has 0 saturated carbocycles. The van der Waals surface area contributed by atoms with Crippen molar-refractivity contribution in [1.29, 1.82) is 0 Å². The van der Waals surface area contributed by atoms with E-state index in [-0.39, 0.29) is 17.0 Å². The van der Waals surface area contributed by atoms with Crippen LogP contribution in [0.1, 0.15) is 51.4 Å². The molecule has 0 aliphatic carbocycles. The smallest absolute Gasteiger partial charge is 0.340 e. The molecule has 0 atom stereocenters. The van der Waals surface area contributed by atoms with Crippen molar-refractivity contribution >= 4 is 34.5 Å². The summed E-state index contributed by atoms with van der Waals surface area (Å²) in [6, 6.07) is 5.95. The van der Waals surface area contributed by atoms with E-state index in [1.807, 2.05) is 28.7 Å². The summed E-state index contributed by atoms with van der Waals surface area (Å²) in [5.74, 6) is -1.09. The topological polar surface area (TPSA) is 108 Å². The molecule has 33 heavy (non-hydrogen) atoms. The first kappa shape index (κ1) is 22.7. The maximum absolute atomic E-state index is 12.9. The highest BCUT2D eigenvalue weighted by Gasteiger charge is 2.24. The molecular weight excluding hydrogens is 444 g/mol. The molecule has 0 spiro atoms. The van der Waals surface area contributed by atoms with E-state index in [0.717, 1.165) is 43.2 Å². The van der Waals surface area contributed by atoms with E-state index in [0.29, 0.717) is 16.9 Å². The van der Waals surface area contributed by atoms with Crippen LogP contribution < -0.4 is 4.90 Å². The van der Waals surface area contributed by atoms with Gasteiger partial charge < -0.3 is 9.64 Å². The van der Waals surface area contributed by atoms with Crippen molar-refractivity contribution in [1.82, 2.24) is 9.55 Å². The van der Waals surface area contributed by atoms with Gasteiger partial charge in [-0.1, -0.05) is 0 Å². The number of anilines is 1. The van der Waals surface area contributed by atoms with E-state index >= 15 is 0 Å². The average Bonchev–Trinajstić information content (AvgIpc) is 3.44. The Balaban J connectivity index is 1.54. The summed E-state index contributed by atoms with van der Waals surface area (Å²) in [6.07, 6.45) is 4.77. The van der Waals surface area contributed by atoms with Crippen LogP contribution in [0.15, 0.2) is 35.8 Å². The van der Waals surface area contributed by atoms with Crippen molar-refractivity contribution in [3.63, 3.8) is 0 Å². The monoisotopic (exact) mass is 468 g/mol. The molecule has 1 aromatic carbocycles. The highest BCUT2D eigenvalue weighted by atomic mass is 32.1. The van der Waals surface area contributed by atoms with E-state index in [1.165, 1.54) is 23.5 Å². The Morgan fingerprint density at radius 1 is 1.15 bits per heavy atom. The van der Waals surface area contributed by atoms with Gasteiger partial charge in [-0.05, 0) is 45.2 Å². The van der Waals surface area contributed by atoms with Gasteiger partial charge in [0.2, 0.25) is 5.78 Å². The van der Waals surface area contributed by atoms with Gasteiger partial charge in [-0.2, -0.15) is 0 Å². The first-order valence-corrected chi connectivity index (χ1v) is 11.6. The fourth-order valence-electron chi connectivity index (χ4n) is 4.16. The summed E-state index contributed by atoms with van der Waals surface area (Å²) in [7, 11) is 0. The third-order valence-electron chi connectivity index (χ3n) is 5.78. The number of benzene rings is 1. The number of hydrogen-bond donors (Lipinski definition) is 0. The molecule has 3 heterocycles. The Labute approximate surface area is 194 Å². The van der Waals surface area contributed by atoms with Gasteiger partial charge in [0.25, 0.3) is 5.69 Å². The molecular formula is C23H24N4O5S. The first-order chi connectivity index (χ1) is 15.9. The molecule has 3 aromatic rings. The second-order valence-corrected chi connectivity index (χ2v) is 8.81. The number of nitro groups is 1. The van der Waals surface area contributed by atoms with Crippen molar-refractivity contribution in [2.24, 2.45) is 0 Å². The van der Waals surface area contributed by atoms with Crippen molar-refractivity contribution < 1.29 is 19.2 Å². The van der Waals surface area contributed by atoms with E-state index in [9.17, 15) is 19.7 Å². The van der Waals surface area contributed by atoms with Gasteiger partial charge >= 0.3 is 5.97 Å². The highest BCUT2D eigenvalue weighted by molar-refractivity contribution is 7.12. The number of ether oxygens (including phenoxy) is 1. The predicted octanol–water partition coefficient (Wildman–Crippen LogP) is 4.49. The van der Waals surface area contributed by atoms with Gasteiger partial charge in [0.1, 0.15) is 0 Å². The second kappa shape index (κ2) is 9.53. The van der Waals surface area contributed by atoms with Gasteiger partial charge in [-0.15, -0.1) is 11.3 Å². The molecule has 2 aromatic heterocycles. The quantitative estimate of drug-likeness (QED) is 0.218. The summed E-state index contributed by atoms with van der Waals surface area (Å²) in [4.78, 5) is 42.8. The zero-order valence-corrected chi connectivity index (χ0v) is 19.3. The number of thiazole rings is 1. The number of aromatic nitrogens is 2. The summed E-state index contributed by atoms with van der Waals surface area (Å²) in [5, 5.41) is 13.9. The number of aryl methyl sites for hydroxylation is 1. The number of nitro benzene ring substituents is 1. The predicted molar refractivity (Wildman–Crippen MR) is 125 cm³/mol. The van der Waals surface area contributed by atoms with Crippen molar-refractivity contribution in [3.05, 3.63) is 68.5 Å². The lowest BCUT2D eigenvalue weighted by molar-refractivity contribution is -0.384. The summed E-state index contributed by atoms with van der Waals surface area (Å²) < 4.78 is 7.23. The Morgan fingerprint density at radius 3 is 2.58 bits per heavy atom. The minimum atomic E-state index is -0.749. The molecule has 1 aliphatic rings. The third-order valence-corrected chi connectivity index (χ3v) is 6.54. The molecule has 0 unspecified atom stereocenters. The number of carbonyl (C=O) groups excluding carboxylic acids is 2. The number of Topliss-reactive ketones (excluding diaryl/α,β-unsaturated/α-hetero) is 1. The van der Waals surface area contributed by atoms with Crippen LogP contribution in [0, 0.1) is 24.0 Å². The Hall–Kier alpha value is -3.53. The van der Waals surface area contributed by atoms with Crippen LogP contribution in [0.2, 0.25) is 0 Å². The van der Waals surface area contributed by atoms with E-state index in [4.69, 9.17) is 4.74 Å². The fraction of sp³-hybridized carbons (Fsp3) is 0.348. The number of carbonyl (C=O) groups is 2. The number of non-ortho nitro benzene ring substituents is 1. The second-order valence-electron chi connectivity index (χ2n) is 7.94. The van der Waals surface area contributed by atoms with Crippen molar-refractivity contribution in [2.75, 3.05) is 24.6 Å². The molecule has 0 amide bonds. The minimum Gasteiger partial charge on any atom is -0.454 e. The van der Waals surface area contributed by atoms with Crippen LogP contribution in [0.5, 0.6) is 0 Å². The number of rotatable bonds is 7. The number of hydrogen-bond acceptors (Lipinski definition) is 8. The number of nitrogens with zero attached hydrogens (tertiary/aromatic N) is 4. The van der Waals surface area contributed by atoms with E-state index in [1.54, 1.807) is 18.3 Å². The molecule has 172 valence electrons. The lowest BCUT2D eigenvalue weighted by Crippen LogP contribution is -2.31. The largest absolute Gasteiger partial charge is 0.454 e. The van der Waals surface area contributed by atoms with Crippen LogP contribution in [0.4, 0.5) is 11.4 Å². The summed E-state index contributed by atoms with van der Waals surface area (Å²) in [5.41, 5.74) is 2.52. The lowest BCUT2D eigenvalue weighted by atomic mass is 10.1. The SMILES string of the molecule is Cc1cc(C(=O)COC(=O)c2cc([N+](=O)[O-])ccc2N2CCCCC2)c(C)n1-c1nccs1. The molecule has 10 heteroatoms. The number of esters is 1. The number of piperidine rings is 1. The molecule has 1 fully saturated rings. The van der Waals surface area contributed by atoms with Crippen LogP contribution >= 0.6 is 11.3 Å². The van der Waals surface area contributed by atoms with Gasteiger partial charge in [0.05, 0.1) is 16.2 Å². The number of ketones is 1. The van der Waals surface area contributed by atoms with Crippen LogP contribution in [0.25, 0.3) is 5.13 Å². The zero-order chi connectivity index (χ0) is 23.5. The Morgan fingerprint density at radius 2 is 1.91 bits per heavy atom. The summed E-state index contributed by atoms with van der Waals surface area (Å²) in [6.45, 7) is 4.77. The van der Waals surface area contributed by atoms with Crippen molar-refractivity contribution in [3.8, 4) is 5.13 Å². The van der Waals surface area contributed by atoms with Gasteiger partial charge in [-0.3, -0.25) is 19.5 Å². The molecule has 0 bridgehead atoms. The molecule has 9 nitrogen and oxygen atoms in total. The van der Waals surface area contributed by atoms with E-state index < -0.39 is 17.5 Å². The maximum atomic E-state index is 12.9. The summed E-state index contributed by atoms with van der Waals surface area (Å²) >= 11 is 1.46. The Kier molecular flexibility index (Phi) is 6.55. The molecule has 0 N–H and O–H groups in total. The van der Waals surface area contributed by atoms with Crippen LogP contribution in [-0.2, 0) is 4.74 Å². The lowest BCUT2D eigenvalue weighted by Gasteiger charge is -2.30. The minimum absolute atomic E-state index is 0.104. The standard InChI is InChI=1S/C23H24N4O5S/c1-15-12-18(16(2)26(15)23-24-8-11-33-23)21(28)14-32-22(29)19-13-17(27(30)31)6-7-20(19)25-9-4-3-5-10-25/h6-8,11-13H,3-5,9-10,14H2,1-2H3.